The van der Waals surface area contributed by atoms with E-state index in [1.165, 1.54) is 0 Å². The van der Waals surface area contributed by atoms with Gasteiger partial charge in [-0.25, -0.2) is 9.97 Å². The van der Waals surface area contributed by atoms with E-state index >= 15 is 0 Å². The second kappa shape index (κ2) is 4.45. The number of hydrogen-bond donors (Lipinski definition) is 1. The van der Waals surface area contributed by atoms with Gasteiger partial charge in [-0.3, -0.25) is 0 Å². The van der Waals surface area contributed by atoms with Crippen molar-refractivity contribution >= 4 is 16.7 Å². The molecule has 2 N–H and O–H groups in total. The SMILES string of the molecule is CC(N)CN(C)c1ncnc2ccccc12. The van der Waals surface area contributed by atoms with Crippen LogP contribution in [0.25, 0.3) is 10.9 Å². The van der Waals surface area contributed by atoms with Crippen LogP contribution in [-0.2, 0) is 0 Å². The number of fused-ring (bicyclic) bond motifs is 1. The van der Waals surface area contributed by atoms with Crippen molar-refractivity contribution in [2.24, 2.45) is 5.73 Å². The summed E-state index contributed by atoms with van der Waals surface area (Å²) in [6, 6.07) is 8.11. The molecule has 0 aliphatic rings. The summed E-state index contributed by atoms with van der Waals surface area (Å²) in [7, 11) is 2.00. The van der Waals surface area contributed by atoms with Gasteiger partial charge in [0.05, 0.1) is 5.52 Å². The fraction of sp³-hybridized carbons (Fsp3) is 0.333. The van der Waals surface area contributed by atoms with E-state index in [4.69, 9.17) is 5.73 Å². The van der Waals surface area contributed by atoms with Crippen molar-refractivity contribution in [3.05, 3.63) is 30.6 Å². The number of para-hydroxylation sites is 1. The molecule has 0 spiro atoms. The summed E-state index contributed by atoms with van der Waals surface area (Å²) in [5.41, 5.74) is 6.75. The number of likely N-dealkylation sites (N-methyl/N-ethyl adjacent to an activating group) is 1. The number of nitrogens with zero attached hydrogens (tertiary/aromatic N) is 3. The third-order valence-electron chi connectivity index (χ3n) is 2.45. The van der Waals surface area contributed by atoms with Crippen LogP contribution in [-0.4, -0.2) is 29.6 Å². The molecule has 0 saturated heterocycles. The zero-order chi connectivity index (χ0) is 11.5. The maximum Gasteiger partial charge on any atom is 0.139 e. The predicted octanol–water partition coefficient (Wildman–Crippen LogP) is 1.41. The van der Waals surface area contributed by atoms with Crippen molar-refractivity contribution in [3.63, 3.8) is 0 Å². The summed E-state index contributed by atoms with van der Waals surface area (Å²) in [6.45, 7) is 2.76. The van der Waals surface area contributed by atoms with Gasteiger partial charge in [-0.05, 0) is 19.1 Å². The maximum absolute atomic E-state index is 5.79. The molecule has 4 heteroatoms. The molecule has 2 aromatic rings. The number of rotatable bonds is 3. The Balaban J connectivity index is 2.44. The quantitative estimate of drug-likeness (QED) is 0.843. The molecule has 0 radical (unpaired) electrons. The number of anilines is 1. The summed E-state index contributed by atoms with van der Waals surface area (Å²) in [4.78, 5) is 10.6. The van der Waals surface area contributed by atoms with Crippen molar-refractivity contribution in [3.8, 4) is 0 Å². The van der Waals surface area contributed by atoms with Crippen molar-refractivity contribution in [1.29, 1.82) is 0 Å². The number of aromatic nitrogens is 2. The molecule has 0 bridgehead atoms. The highest BCUT2D eigenvalue weighted by Crippen LogP contribution is 2.21. The van der Waals surface area contributed by atoms with E-state index in [0.29, 0.717) is 0 Å². The van der Waals surface area contributed by atoms with E-state index in [1.807, 2.05) is 38.2 Å². The van der Waals surface area contributed by atoms with Crippen LogP contribution in [0.15, 0.2) is 30.6 Å². The van der Waals surface area contributed by atoms with Crippen molar-refractivity contribution in [2.75, 3.05) is 18.5 Å². The smallest absolute Gasteiger partial charge is 0.139 e. The van der Waals surface area contributed by atoms with E-state index in [0.717, 1.165) is 23.3 Å². The molecule has 0 aliphatic heterocycles. The maximum atomic E-state index is 5.79. The Hall–Kier alpha value is -1.68. The molecule has 84 valence electrons. The third kappa shape index (κ3) is 2.12. The first-order chi connectivity index (χ1) is 7.68. The molecule has 2 rings (SSSR count). The summed E-state index contributed by atoms with van der Waals surface area (Å²) < 4.78 is 0. The lowest BCUT2D eigenvalue weighted by Crippen LogP contribution is -2.33. The van der Waals surface area contributed by atoms with Crippen LogP contribution in [0.5, 0.6) is 0 Å². The summed E-state index contributed by atoms with van der Waals surface area (Å²) in [5, 5.41) is 1.06. The number of hydrogen-bond acceptors (Lipinski definition) is 4. The fourth-order valence-electron chi connectivity index (χ4n) is 1.81. The molecule has 0 fully saturated rings. The van der Waals surface area contributed by atoms with Crippen molar-refractivity contribution < 1.29 is 0 Å². The van der Waals surface area contributed by atoms with Gasteiger partial charge >= 0.3 is 0 Å². The Morgan fingerprint density at radius 1 is 1.31 bits per heavy atom. The number of benzene rings is 1. The van der Waals surface area contributed by atoms with Crippen LogP contribution in [0.3, 0.4) is 0 Å². The molecule has 1 unspecified atom stereocenters. The highest BCUT2D eigenvalue weighted by Gasteiger charge is 2.08. The molecule has 0 saturated carbocycles. The van der Waals surface area contributed by atoms with Crippen molar-refractivity contribution in [1.82, 2.24) is 9.97 Å². The highest BCUT2D eigenvalue weighted by molar-refractivity contribution is 5.89. The van der Waals surface area contributed by atoms with Gasteiger partial charge in [-0.15, -0.1) is 0 Å². The molecule has 1 heterocycles. The van der Waals surface area contributed by atoms with E-state index in [1.54, 1.807) is 6.33 Å². The summed E-state index contributed by atoms with van der Waals surface area (Å²) in [5.74, 6) is 0.933. The minimum absolute atomic E-state index is 0.124. The van der Waals surface area contributed by atoms with Crippen LogP contribution in [0.4, 0.5) is 5.82 Å². The van der Waals surface area contributed by atoms with Gasteiger partial charge in [0.2, 0.25) is 0 Å². The fourth-order valence-corrected chi connectivity index (χ4v) is 1.81. The van der Waals surface area contributed by atoms with Crippen LogP contribution >= 0.6 is 0 Å². The largest absolute Gasteiger partial charge is 0.358 e. The minimum Gasteiger partial charge on any atom is -0.358 e. The van der Waals surface area contributed by atoms with Gasteiger partial charge in [0.15, 0.2) is 0 Å². The van der Waals surface area contributed by atoms with E-state index in [2.05, 4.69) is 14.9 Å². The van der Waals surface area contributed by atoms with Crippen LogP contribution in [0.2, 0.25) is 0 Å². The van der Waals surface area contributed by atoms with Gasteiger partial charge in [-0.1, -0.05) is 12.1 Å². The average molecular weight is 216 g/mol. The molecule has 0 amide bonds. The van der Waals surface area contributed by atoms with Crippen LogP contribution in [0.1, 0.15) is 6.92 Å². The first-order valence-electron chi connectivity index (χ1n) is 5.35. The lowest BCUT2D eigenvalue weighted by molar-refractivity contribution is 0.713. The predicted molar refractivity (Wildman–Crippen MR) is 66.5 cm³/mol. The summed E-state index contributed by atoms with van der Waals surface area (Å²) >= 11 is 0. The van der Waals surface area contributed by atoms with E-state index in [-0.39, 0.29) is 6.04 Å². The lowest BCUT2D eigenvalue weighted by Gasteiger charge is -2.21. The molecule has 0 aliphatic carbocycles. The molecule has 4 nitrogen and oxygen atoms in total. The van der Waals surface area contributed by atoms with E-state index < -0.39 is 0 Å². The monoisotopic (exact) mass is 216 g/mol. The zero-order valence-corrected chi connectivity index (χ0v) is 9.59. The standard InChI is InChI=1S/C12H16N4/c1-9(13)7-16(2)12-10-5-3-4-6-11(10)14-8-15-12/h3-6,8-9H,7,13H2,1-2H3. The Morgan fingerprint density at radius 3 is 2.81 bits per heavy atom. The zero-order valence-electron chi connectivity index (χ0n) is 9.59. The topological polar surface area (TPSA) is 55.0 Å². The Bertz CT molecular complexity index is 476. The van der Waals surface area contributed by atoms with Crippen LogP contribution in [0, 0.1) is 0 Å². The first-order valence-corrected chi connectivity index (χ1v) is 5.35. The second-order valence-electron chi connectivity index (χ2n) is 4.07. The second-order valence-corrected chi connectivity index (χ2v) is 4.07. The molecule has 1 aromatic heterocycles. The Morgan fingerprint density at radius 2 is 2.06 bits per heavy atom. The number of nitrogens with two attached hydrogens (primary N) is 1. The van der Waals surface area contributed by atoms with Gasteiger partial charge in [0, 0.05) is 25.0 Å². The molecule has 1 atom stereocenters. The normalized spacial score (nSPS) is 12.7. The molecular weight excluding hydrogens is 200 g/mol. The first kappa shape index (κ1) is 10.8. The van der Waals surface area contributed by atoms with Gasteiger partial charge in [-0.2, -0.15) is 0 Å². The average Bonchev–Trinajstić information content (AvgIpc) is 2.27. The molecule has 16 heavy (non-hydrogen) atoms. The lowest BCUT2D eigenvalue weighted by atomic mass is 10.2. The van der Waals surface area contributed by atoms with Crippen molar-refractivity contribution in [2.45, 2.75) is 13.0 Å². The third-order valence-corrected chi connectivity index (χ3v) is 2.45. The molecular formula is C12H16N4. The molecule has 1 aromatic carbocycles. The van der Waals surface area contributed by atoms with Gasteiger partial charge in [0.1, 0.15) is 12.1 Å². The minimum atomic E-state index is 0.124. The van der Waals surface area contributed by atoms with Gasteiger partial charge < -0.3 is 10.6 Å². The Kier molecular flexibility index (Phi) is 3.01. The summed E-state index contributed by atoms with van der Waals surface area (Å²) in [6.07, 6.45) is 1.59. The highest BCUT2D eigenvalue weighted by atomic mass is 15.2. The van der Waals surface area contributed by atoms with Crippen LogP contribution < -0.4 is 10.6 Å². The van der Waals surface area contributed by atoms with Gasteiger partial charge in [0.25, 0.3) is 0 Å². The Labute approximate surface area is 95.1 Å². The van der Waals surface area contributed by atoms with E-state index in [9.17, 15) is 0 Å².